The van der Waals surface area contributed by atoms with Crippen molar-refractivity contribution in [3.05, 3.63) is 28.2 Å². The first-order chi connectivity index (χ1) is 10.2. The molecule has 0 unspecified atom stereocenters. The summed E-state index contributed by atoms with van der Waals surface area (Å²) in [6.07, 6.45) is -0.256. The van der Waals surface area contributed by atoms with E-state index in [4.69, 9.17) is 27.9 Å². The number of hydrogen-bond donors (Lipinski definition) is 0. The number of carbonyl (C=O) groups excluding carboxylic acids is 1. The van der Waals surface area contributed by atoms with Crippen LogP contribution in [-0.2, 0) is 4.74 Å². The summed E-state index contributed by atoms with van der Waals surface area (Å²) >= 11 is 12.0. The zero-order valence-corrected chi connectivity index (χ0v) is 14.9. The molecule has 0 bridgehead atoms. The molecule has 1 heterocycles. The molecule has 1 saturated heterocycles. The van der Waals surface area contributed by atoms with Gasteiger partial charge >= 0.3 is 6.09 Å². The minimum atomic E-state index is -0.475. The molecule has 122 valence electrons. The molecular weight excluding hydrogens is 323 g/mol. The fraction of sp³-hybridized carbons (Fsp3) is 0.562. The highest BCUT2D eigenvalue weighted by Gasteiger charge is 2.30. The summed E-state index contributed by atoms with van der Waals surface area (Å²) in [5.74, 6) is 0. The highest BCUT2D eigenvalue weighted by molar-refractivity contribution is 6.42. The Morgan fingerprint density at radius 1 is 1.23 bits per heavy atom. The first-order valence-electron chi connectivity index (χ1n) is 7.37. The van der Waals surface area contributed by atoms with Gasteiger partial charge in [0.2, 0.25) is 0 Å². The summed E-state index contributed by atoms with van der Waals surface area (Å²) in [4.78, 5) is 16.2. The van der Waals surface area contributed by atoms with Gasteiger partial charge in [0.05, 0.1) is 10.0 Å². The minimum absolute atomic E-state index is 0.0676. The molecule has 1 amide bonds. The zero-order valence-electron chi connectivity index (χ0n) is 13.4. The maximum absolute atomic E-state index is 12.2. The van der Waals surface area contributed by atoms with E-state index in [1.807, 2.05) is 39.8 Å². The number of anilines is 1. The van der Waals surface area contributed by atoms with Crippen molar-refractivity contribution in [3.63, 3.8) is 0 Å². The van der Waals surface area contributed by atoms with Crippen molar-refractivity contribution in [2.45, 2.75) is 39.3 Å². The number of rotatable bonds is 1. The summed E-state index contributed by atoms with van der Waals surface area (Å²) in [6, 6.07) is 5.67. The van der Waals surface area contributed by atoms with Crippen molar-refractivity contribution in [1.29, 1.82) is 0 Å². The van der Waals surface area contributed by atoms with E-state index >= 15 is 0 Å². The van der Waals surface area contributed by atoms with Crippen molar-refractivity contribution in [3.8, 4) is 0 Å². The van der Waals surface area contributed by atoms with Gasteiger partial charge in [-0.1, -0.05) is 23.2 Å². The monoisotopic (exact) mass is 344 g/mol. The van der Waals surface area contributed by atoms with Gasteiger partial charge in [0, 0.05) is 31.4 Å². The standard InChI is InChI=1S/C16H22Cl2N2O2/c1-11-10-19(12-5-6-13(17)14(18)9-12)7-8-20(11)15(21)22-16(2,3)4/h5-6,9,11H,7-8,10H2,1-4H3/t11-/m1/s1. The van der Waals surface area contributed by atoms with E-state index in [1.54, 1.807) is 11.0 Å². The van der Waals surface area contributed by atoms with Crippen LogP contribution in [0.15, 0.2) is 18.2 Å². The molecule has 6 heteroatoms. The molecular formula is C16H22Cl2N2O2. The third-order valence-corrected chi connectivity index (χ3v) is 4.26. The first-order valence-corrected chi connectivity index (χ1v) is 8.12. The second-order valence-corrected chi connectivity index (χ2v) is 7.38. The molecule has 1 fully saturated rings. The van der Waals surface area contributed by atoms with Gasteiger partial charge in [-0.05, 0) is 45.9 Å². The highest BCUT2D eigenvalue weighted by Crippen LogP contribution is 2.28. The molecule has 1 aromatic carbocycles. The molecule has 1 aliphatic heterocycles. The highest BCUT2D eigenvalue weighted by atomic mass is 35.5. The van der Waals surface area contributed by atoms with Gasteiger partial charge in [-0.25, -0.2) is 4.79 Å². The maximum Gasteiger partial charge on any atom is 0.410 e. The normalized spacial score (nSPS) is 19.3. The van der Waals surface area contributed by atoms with E-state index in [2.05, 4.69) is 4.90 Å². The molecule has 1 aromatic rings. The predicted octanol–water partition coefficient (Wildman–Crippen LogP) is 4.44. The minimum Gasteiger partial charge on any atom is -0.444 e. The number of halogens is 2. The van der Waals surface area contributed by atoms with Crippen LogP contribution in [0.2, 0.25) is 10.0 Å². The SMILES string of the molecule is C[C@@H]1CN(c2ccc(Cl)c(Cl)c2)CCN1C(=O)OC(C)(C)C. The first kappa shape index (κ1) is 17.2. The molecule has 0 radical (unpaired) electrons. The Balaban J connectivity index is 2.03. The van der Waals surface area contributed by atoms with Crippen LogP contribution >= 0.6 is 23.2 Å². The van der Waals surface area contributed by atoms with Crippen molar-refractivity contribution in [2.24, 2.45) is 0 Å². The quantitative estimate of drug-likeness (QED) is 0.754. The number of amides is 1. The van der Waals surface area contributed by atoms with E-state index in [9.17, 15) is 4.79 Å². The van der Waals surface area contributed by atoms with Crippen LogP contribution in [0.3, 0.4) is 0 Å². The van der Waals surface area contributed by atoms with E-state index in [-0.39, 0.29) is 12.1 Å². The summed E-state index contributed by atoms with van der Waals surface area (Å²) in [5.41, 5.74) is 0.544. The summed E-state index contributed by atoms with van der Waals surface area (Å²) < 4.78 is 5.45. The molecule has 2 rings (SSSR count). The Hall–Kier alpha value is -1.13. The fourth-order valence-corrected chi connectivity index (χ4v) is 2.76. The van der Waals surface area contributed by atoms with Gasteiger partial charge in [0.25, 0.3) is 0 Å². The average molecular weight is 345 g/mol. The number of piperazine rings is 1. The molecule has 0 spiro atoms. The molecule has 1 atom stereocenters. The van der Waals surface area contributed by atoms with Crippen LogP contribution in [0.25, 0.3) is 0 Å². The van der Waals surface area contributed by atoms with Crippen LogP contribution < -0.4 is 4.90 Å². The van der Waals surface area contributed by atoms with E-state index in [1.165, 1.54) is 0 Å². The van der Waals surface area contributed by atoms with Gasteiger partial charge < -0.3 is 14.5 Å². The molecule has 4 nitrogen and oxygen atoms in total. The number of hydrogen-bond acceptors (Lipinski definition) is 3. The fourth-order valence-electron chi connectivity index (χ4n) is 2.47. The maximum atomic E-state index is 12.2. The van der Waals surface area contributed by atoms with Crippen molar-refractivity contribution < 1.29 is 9.53 Å². The third kappa shape index (κ3) is 4.20. The number of ether oxygens (including phenoxy) is 1. The van der Waals surface area contributed by atoms with Crippen molar-refractivity contribution in [2.75, 3.05) is 24.5 Å². The second-order valence-electron chi connectivity index (χ2n) is 6.57. The molecule has 1 aliphatic rings. The third-order valence-electron chi connectivity index (χ3n) is 3.52. The van der Waals surface area contributed by atoms with Crippen LogP contribution in [0.4, 0.5) is 10.5 Å². The van der Waals surface area contributed by atoms with E-state index in [0.29, 0.717) is 16.6 Å². The molecule has 22 heavy (non-hydrogen) atoms. The van der Waals surface area contributed by atoms with Crippen LogP contribution in [-0.4, -0.2) is 42.3 Å². The van der Waals surface area contributed by atoms with Gasteiger partial charge in [0.15, 0.2) is 0 Å². The Labute approximate surface area is 141 Å². The van der Waals surface area contributed by atoms with Gasteiger partial charge in [-0.3, -0.25) is 0 Å². The predicted molar refractivity (Wildman–Crippen MR) is 91.1 cm³/mol. The van der Waals surface area contributed by atoms with E-state index in [0.717, 1.165) is 18.8 Å². The average Bonchev–Trinajstić information content (AvgIpc) is 2.39. The van der Waals surface area contributed by atoms with Crippen LogP contribution in [0, 0.1) is 0 Å². The number of carbonyl (C=O) groups is 1. The topological polar surface area (TPSA) is 32.8 Å². The van der Waals surface area contributed by atoms with Crippen LogP contribution in [0.5, 0.6) is 0 Å². The largest absolute Gasteiger partial charge is 0.444 e. The van der Waals surface area contributed by atoms with Crippen molar-refractivity contribution >= 4 is 35.0 Å². The molecule has 0 saturated carbocycles. The summed E-state index contributed by atoms with van der Waals surface area (Å²) in [7, 11) is 0. The van der Waals surface area contributed by atoms with Gasteiger partial charge in [-0.2, -0.15) is 0 Å². The molecule has 0 aliphatic carbocycles. The number of nitrogens with zero attached hydrogens (tertiary/aromatic N) is 2. The lowest BCUT2D eigenvalue weighted by molar-refractivity contribution is 0.0159. The lowest BCUT2D eigenvalue weighted by Crippen LogP contribution is -2.55. The Bertz CT molecular complexity index is 558. The Morgan fingerprint density at radius 2 is 1.91 bits per heavy atom. The molecule has 0 N–H and O–H groups in total. The second kappa shape index (κ2) is 6.55. The lowest BCUT2D eigenvalue weighted by atomic mass is 10.1. The van der Waals surface area contributed by atoms with Gasteiger partial charge in [-0.15, -0.1) is 0 Å². The lowest BCUT2D eigenvalue weighted by Gasteiger charge is -2.41. The zero-order chi connectivity index (χ0) is 16.5. The number of benzene rings is 1. The van der Waals surface area contributed by atoms with Crippen LogP contribution in [0.1, 0.15) is 27.7 Å². The van der Waals surface area contributed by atoms with E-state index < -0.39 is 5.60 Å². The van der Waals surface area contributed by atoms with Gasteiger partial charge in [0.1, 0.15) is 5.60 Å². The Kier molecular flexibility index (Phi) is 5.13. The molecule has 0 aromatic heterocycles. The summed E-state index contributed by atoms with van der Waals surface area (Å²) in [5, 5.41) is 1.09. The Morgan fingerprint density at radius 3 is 2.45 bits per heavy atom. The summed E-state index contributed by atoms with van der Waals surface area (Å²) in [6.45, 7) is 9.74. The van der Waals surface area contributed by atoms with Crippen molar-refractivity contribution in [1.82, 2.24) is 4.90 Å². The smallest absolute Gasteiger partial charge is 0.410 e.